The molecule has 0 bridgehead atoms. The van der Waals surface area contributed by atoms with Crippen LogP contribution in [0.2, 0.25) is 0 Å². The number of carbonyl (C=O) groups excluding carboxylic acids is 5. The number of fused-ring (bicyclic) bond motifs is 1. The van der Waals surface area contributed by atoms with Gasteiger partial charge in [0.15, 0.2) is 0 Å². The normalized spacial score (nSPS) is 26.3. The van der Waals surface area contributed by atoms with E-state index in [9.17, 15) is 24.0 Å². The second kappa shape index (κ2) is 9.34. The van der Waals surface area contributed by atoms with Crippen LogP contribution in [-0.4, -0.2) is 64.6 Å². The molecule has 0 aromatic heterocycles. The van der Waals surface area contributed by atoms with Gasteiger partial charge in [-0.05, 0) is 55.8 Å². The van der Waals surface area contributed by atoms with Crippen molar-refractivity contribution < 1.29 is 24.0 Å². The van der Waals surface area contributed by atoms with Crippen LogP contribution >= 0.6 is 0 Å². The summed E-state index contributed by atoms with van der Waals surface area (Å²) in [6.07, 6.45) is 2.25. The molecule has 5 atom stereocenters. The molecule has 3 rings (SSSR count). The van der Waals surface area contributed by atoms with Gasteiger partial charge in [-0.15, -0.1) is 0 Å². The molecule has 1 aliphatic heterocycles. The molecule has 5 N–H and O–H groups in total. The first-order chi connectivity index (χ1) is 16.3. The van der Waals surface area contributed by atoms with Crippen LogP contribution in [-0.2, 0) is 19.2 Å². The molecule has 36 heavy (non-hydrogen) atoms. The minimum absolute atomic E-state index is 0.0734. The standard InChI is InChI=1S/C26H43N5O5/c1-24(2,3)19(29-23(36)30-25(4,5)6)22(35)31-12-14-16(26(14,7)8)17(31)21(34)28-15(11-13-9-10-13)18(32)20(27)33/h13-17,19H,9-12H2,1-8H3,(H2,27,33)(H,28,34)(H2,29,30,36)/t14-,15-,16-,17?,19?/m0/s1. The van der Waals surface area contributed by atoms with Gasteiger partial charge in [-0.1, -0.05) is 47.5 Å². The minimum atomic E-state index is -1.08. The van der Waals surface area contributed by atoms with Crippen molar-refractivity contribution in [3.63, 3.8) is 0 Å². The van der Waals surface area contributed by atoms with E-state index in [0.29, 0.717) is 13.0 Å². The molecule has 1 heterocycles. The highest BCUT2D eigenvalue weighted by Crippen LogP contribution is 2.65. The third-order valence-electron chi connectivity index (χ3n) is 7.78. The zero-order chi connectivity index (χ0) is 27.4. The summed E-state index contributed by atoms with van der Waals surface area (Å²) in [5.74, 6) is -2.34. The molecule has 1 saturated heterocycles. The molecule has 0 spiro atoms. The Morgan fingerprint density at radius 3 is 2.06 bits per heavy atom. The van der Waals surface area contributed by atoms with E-state index in [1.807, 2.05) is 41.5 Å². The van der Waals surface area contributed by atoms with Gasteiger partial charge in [0.05, 0.1) is 6.04 Å². The summed E-state index contributed by atoms with van der Waals surface area (Å²) in [5.41, 5.74) is 4.01. The first-order valence-corrected chi connectivity index (χ1v) is 12.9. The zero-order valence-corrected chi connectivity index (χ0v) is 22.9. The summed E-state index contributed by atoms with van der Waals surface area (Å²) < 4.78 is 0. The second-order valence-corrected chi connectivity index (χ2v) is 13.5. The van der Waals surface area contributed by atoms with Gasteiger partial charge in [-0.2, -0.15) is 0 Å². The molecule has 0 aromatic carbocycles. The van der Waals surface area contributed by atoms with Crippen molar-refractivity contribution >= 4 is 29.5 Å². The highest BCUT2D eigenvalue weighted by molar-refractivity contribution is 6.37. The fraction of sp³-hybridized carbons (Fsp3) is 0.808. The molecule has 3 aliphatic rings. The largest absolute Gasteiger partial charge is 0.363 e. The molecule has 5 amide bonds. The Morgan fingerprint density at radius 2 is 1.58 bits per heavy atom. The molecule has 10 heteroatoms. The lowest BCUT2D eigenvalue weighted by Crippen LogP contribution is -2.62. The number of carbonyl (C=O) groups is 5. The van der Waals surface area contributed by atoms with E-state index in [1.54, 1.807) is 4.90 Å². The number of likely N-dealkylation sites (tertiary alicyclic amines) is 1. The van der Waals surface area contributed by atoms with Crippen molar-refractivity contribution in [3.8, 4) is 0 Å². The van der Waals surface area contributed by atoms with Crippen LogP contribution in [0.1, 0.15) is 74.7 Å². The van der Waals surface area contributed by atoms with Crippen molar-refractivity contribution in [2.75, 3.05) is 6.54 Å². The molecule has 0 aromatic rings. The number of amides is 5. The summed E-state index contributed by atoms with van der Waals surface area (Å²) in [4.78, 5) is 65.7. The van der Waals surface area contributed by atoms with E-state index in [0.717, 1.165) is 12.8 Å². The number of Topliss-reactive ketones (excluding diaryl/α,β-unsaturated/α-hetero) is 1. The smallest absolute Gasteiger partial charge is 0.315 e. The quantitative estimate of drug-likeness (QED) is 0.367. The Kier molecular flexibility index (Phi) is 7.24. The Morgan fingerprint density at radius 1 is 1.00 bits per heavy atom. The molecule has 0 radical (unpaired) electrons. The van der Waals surface area contributed by atoms with Gasteiger partial charge in [0.25, 0.3) is 5.91 Å². The van der Waals surface area contributed by atoms with Gasteiger partial charge in [0.2, 0.25) is 17.6 Å². The highest BCUT2D eigenvalue weighted by Gasteiger charge is 2.70. The Hall–Kier alpha value is -2.65. The van der Waals surface area contributed by atoms with E-state index in [-0.39, 0.29) is 29.1 Å². The van der Waals surface area contributed by atoms with Crippen LogP contribution in [0, 0.1) is 28.6 Å². The Balaban J connectivity index is 1.83. The predicted molar refractivity (Wildman–Crippen MR) is 134 cm³/mol. The van der Waals surface area contributed by atoms with Crippen LogP contribution in [0.25, 0.3) is 0 Å². The van der Waals surface area contributed by atoms with E-state index in [1.165, 1.54) is 0 Å². The van der Waals surface area contributed by atoms with Gasteiger partial charge >= 0.3 is 6.03 Å². The fourth-order valence-corrected chi connectivity index (χ4v) is 5.48. The van der Waals surface area contributed by atoms with Crippen molar-refractivity contribution in [2.24, 2.45) is 34.3 Å². The SMILES string of the molecule is CC(C)(C)NC(=O)NC(C(=O)N1C[C@H]2[C@@H](C1C(=O)N[C@@H](CC1CC1)C(=O)C(N)=O)C2(C)C)C(C)(C)C. The lowest BCUT2D eigenvalue weighted by molar-refractivity contribution is -0.145. The van der Waals surface area contributed by atoms with Crippen LogP contribution in [0.15, 0.2) is 0 Å². The van der Waals surface area contributed by atoms with Crippen molar-refractivity contribution in [3.05, 3.63) is 0 Å². The maximum absolute atomic E-state index is 13.9. The molecule has 2 saturated carbocycles. The number of hydrogen-bond donors (Lipinski definition) is 4. The number of primary amides is 1. The summed E-state index contributed by atoms with van der Waals surface area (Å²) >= 11 is 0. The molecule has 2 aliphatic carbocycles. The fourth-order valence-electron chi connectivity index (χ4n) is 5.48. The zero-order valence-electron chi connectivity index (χ0n) is 22.9. The number of nitrogens with zero attached hydrogens (tertiary/aromatic N) is 1. The number of rotatable bonds is 8. The van der Waals surface area contributed by atoms with Gasteiger partial charge in [-0.3, -0.25) is 19.2 Å². The molecule has 202 valence electrons. The van der Waals surface area contributed by atoms with Crippen LogP contribution in [0.3, 0.4) is 0 Å². The molecule has 10 nitrogen and oxygen atoms in total. The number of ketones is 1. The summed E-state index contributed by atoms with van der Waals surface area (Å²) in [5, 5.41) is 8.40. The number of nitrogens with one attached hydrogen (secondary N) is 3. The number of hydrogen-bond acceptors (Lipinski definition) is 5. The Labute approximate surface area is 213 Å². The minimum Gasteiger partial charge on any atom is -0.363 e. The van der Waals surface area contributed by atoms with Gasteiger partial charge in [0, 0.05) is 12.1 Å². The topological polar surface area (TPSA) is 151 Å². The number of urea groups is 1. The van der Waals surface area contributed by atoms with Crippen LogP contribution in [0.5, 0.6) is 0 Å². The third kappa shape index (κ3) is 6.00. The maximum atomic E-state index is 13.9. The summed E-state index contributed by atoms with van der Waals surface area (Å²) in [7, 11) is 0. The molecule has 3 fully saturated rings. The monoisotopic (exact) mass is 505 g/mol. The van der Waals surface area contributed by atoms with Gasteiger partial charge < -0.3 is 26.6 Å². The predicted octanol–water partition coefficient (Wildman–Crippen LogP) is 1.32. The van der Waals surface area contributed by atoms with Gasteiger partial charge in [-0.25, -0.2) is 4.79 Å². The van der Waals surface area contributed by atoms with E-state index in [2.05, 4.69) is 29.8 Å². The maximum Gasteiger partial charge on any atom is 0.315 e. The number of nitrogens with two attached hydrogens (primary N) is 1. The first kappa shape index (κ1) is 27.9. The average Bonchev–Trinajstić information content (AvgIpc) is 3.55. The van der Waals surface area contributed by atoms with E-state index >= 15 is 0 Å². The molecule has 2 unspecified atom stereocenters. The van der Waals surface area contributed by atoms with E-state index in [4.69, 9.17) is 5.73 Å². The second-order valence-electron chi connectivity index (χ2n) is 13.5. The van der Waals surface area contributed by atoms with Gasteiger partial charge in [0.1, 0.15) is 12.1 Å². The summed E-state index contributed by atoms with van der Waals surface area (Å²) in [6, 6.07) is -3.12. The van der Waals surface area contributed by atoms with Crippen molar-refractivity contribution in [1.29, 1.82) is 0 Å². The molecular weight excluding hydrogens is 462 g/mol. The van der Waals surface area contributed by atoms with Crippen molar-refractivity contribution in [1.82, 2.24) is 20.9 Å². The lowest BCUT2D eigenvalue weighted by atomic mass is 9.85. The Bertz CT molecular complexity index is 943. The van der Waals surface area contributed by atoms with E-state index < -0.39 is 52.7 Å². The number of piperidine rings is 1. The third-order valence-corrected chi connectivity index (χ3v) is 7.78. The first-order valence-electron chi connectivity index (χ1n) is 12.9. The van der Waals surface area contributed by atoms with Crippen molar-refractivity contribution in [2.45, 2.75) is 98.3 Å². The highest BCUT2D eigenvalue weighted by atomic mass is 16.2. The van der Waals surface area contributed by atoms with Crippen LogP contribution in [0.4, 0.5) is 4.79 Å². The molecular formula is C26H43N5O5. The average molecular weight is 506 g/mol. The summed E-state index contributed by atoms with van der Waals surface area (Å²) in [6.45, 7) is 15.7. The van der Waals surface area contributed by atoms with Crippen LogP contribution < -0.4 is 21.7 Å². The lowest BCUT2D eigenvalue weighted by Gasteiger charge is -2.38.